The summed E-state index contributed by atoms with van der Waals surface area (Å²) >= 11 is 1.34. The number of nitrogens with one attached hydrogen (secondary N) is 1. The molecule has 2 aromatic rings. The summed E-state index contributed by atoms with van der Waals surface area (Å²) < 4.78 is 42.7. The minimum Gasteiger partial charge on any atom is -0.497 e. The topological polar surface area (TPSA) is 38.3 Å². The van der Waals surface area contributed by atoms with Gasteiger partial charge < -0.3 is 10.1 Å². The Labute approximate surface area is 142 Å². The van der Waals surface area contributed by atoms with Crippen LogP contribution in [-0.4, -0.2) is 18.3 Å². The van der Waals surface area contributed by atoms with Gasteiger partial charge in [-0.05, 0) is 49.4 Å². The highest BCUT2D eigenvalue weighted by Crippen LogP contribution is 2.30. The molecule has 1 amide bonds. The summed E-state index contributed by atoms with van der Waals surface area (Å²) in [5.74, 6) is 0.401. The highest BCUT2D eigenvalue weighted by Gasteiger charge is 2.30. The summed E-state index contributed by atoms with van der Waals surface area (Å²) in [7, 11) is 1.56. The number of amides is 1. The van der Waals surface area contributed by atoms with Gasteiger partial charge in [0, 0.05) is 10.6 Å². The number of anilines is 1. The lowest BCUT2D eigenvalue weighted by Crippen LogP contribution is -2.22. The Bertz CT molecular complexity index is 702. The number of halogens is 3. The second kappa shape index (κ2) is 7.61. The van der Waals surface area contributed by atoms with Crippen LogP contribution in [0.25, 0.3) is 0 Å². The number of hydrogen-bond donors (Lipinski definition) is 1. The molecule has 0 aliphatic heterocycles. The zero-order chi connectivity index (χ0) is 17.7. The van der Waals surface area contributed by atoms with E-state index in [4.69, 9.17) is 4.74 Å². The van der Waals surface area contributed by atoms with E-state index in [2.05, 4.69) is 5.32 Å². The summed E-state index contributed by atoms with van der Waals surface area (Å²) in [5, 5.41) is 2.19. The van der Waals surface area contributed by atoms with E-state index in [0.717, 1.165) is 17.0 Å². The molecular formula is C17H16F3NO2S. The molecule has 0 aromatic heterocycles. The third-order valence-electron chi connectivity index (χ3n) is 3.20. The normalized spacial score (nSPS) is 12.5. The zero-order valence-electron chi connectivity index (χ0n) is 13.1. The molecule has 0 bridgehead atoms. The van der Waals surface area contributed by atoms with E-state index >= 15 is 0 Å². The molecule has 0 spiro atoms. The van der Waals surface area contributed by atoms with Gasteiger partial charge in [0.15, 0.2) is 0 Å². The van der Waals surface area contributed by atoms with E-state index in [1.54, 1.807) is 20.1 Å². The molecule has 128 valence electrons. The predicted molar refractivity (Wildman–Crippen MR) is 88.4 cm³/mol. The van der Waals surface area contributed by atoms with Gasteiger partial charge in [0.1, 0.15) is 5.75 Å². The molecule has 2 rings (SSSR count). The van der Waals surface area contributed by atoms with E-state index in [0.29, 0.717) is 11.4 Å². The average Bonchev–Trinajstić information content (AvgIpc) is 2.54. The molecular weight excluding hydrogens is 339 g/mol. The largest absolute Gasteiger partial charge is 0.497 e. The van der Waals surface area contributed by atoms with Crippen LogP contribution in [0.5, 0.6) is 5.75 Å². The Balaban J connectivity index is 1.98. The fraction of sp³-hybridized carbons (Fsp3) is 0.235. The van der Waals surface area contributed by atoms with Crippen LogP contribution in [-0.2, 0) is 11.0 Å². The molecule has 1 N–H and O–H groups in total. The second-order valence-electron chi connectivity index (χ2n) is 5.00. The summed E-state index contributed by atoms with van der Waals surface area (Å²) in [6, 6.07) is 11.7. The van der Waals surface area contributed by atoms with Crippen LogP contribution < -0.4 is 10.1 Å². The lowest BCUT2D eigenvalue weighted by Gasteiger charge is -2.13. The van der Waals surface area contributed by atoms with Crippen molar-refractivity contribution >= 4 is 23.4 Å². The predicted octanol–water partition coefficient (Wildman–Crippen LogP) is 4.83. The molecule has 1 unspecified atom stereocenters. The van der Waals surface area contributed by atoms with Crippen LogP contribution in [0.4, 0.5) is 18.9 Å². The van der Waals surface area contributed by atoms with Crippen molar-refractivity contribution < 1.29 is 22.7 Å². The summed E-state index contributed by atoms with van der Waals surface area (Å²) in [6.45, 7) is 1.73. The highest BCUT2D eigenvalue weighted by atomic mass is 32.2. The molecule has 0 fully saturated rings. The van der Waals surface area contributed by atoms with Gasteiger partial charge in [-0.3, -0.25) is 4.79 Å². The van der Waals surface area contributed by atoms with E-state index < -0.39 is 17.0 Å². The summed E-state index contributed by atoms with van der Waals surface area (Å²) in [5.41, 5.74) is -0.426. The van der Waals surface area contributed by atoms with Crippen LogP contribution in [0.1, 0.15) is 12.5 Å². The Hall–Kier alpha value is -2.15. The number of carbonyl (C=O) groups is 1. The maximum atomic E-state index is 12.5. The van der Waals surface area contributed by atoms with Crippen molar-refractivity contribution in [3.8, 4) is 5.75 Å². The van der Waals surface area contributed by atoms with Gasteiger partial charge in [0.2, 0.25) is 5.91 Å². The monoisotopic (exact) mass is 355 g/mol. The molecule has 0 heterocycles. The molecule has 0 aliphatic rings. The smallest absolute Gasteiger partial charge is 0.416 e. The first-order valence-electron chi connectivity index (χ1n) is 7.08. The Morgan fingerprint density at radius 1 is 1.17 bits per heavy atom. The van der Waals surface area contributed by atoms with Crippen molar-refractivity contribution in [3.05, 3.63) is 54.1 Å². The molecule has 7 heteroatoms. The Morgan fingerprint density at radius 2 is 1.83 bits per heavy atom. The third-order valence-corrected chi connectivity index (χ3v) is 4.30. The molecule has 1 atom stereocenters. The van der Waals surface area contributed by atoms with Crippen LogP contribution in [0.15, 0.2) is 53.4 Å². The molecule has 0 saturated heterocycles. The van der Waals surface area contributed by atoms with E-state index in [1.807, 2.05) is 18.2 Å². The molecule has 0 aliphatic carbocycles. The Morgan fingerprint density at radius 3 is 2.42 bits per heavy atom. The van der Waals surface area contributed by atoms with Crippen molar-refractivity contribution in [2.45, 2.75) is 23.2 Å². The first-order valence-corrected chi connectivity index (χ1v) is 7.96. The third kappa shape index (κ3) is 4.92. The van der Waals surface area contributed by atoms with Crippen molar-refractivity contribution in [1.82, 2.24) is 0 Å². The standard InChI is InChI=1S/C17H16F3NO2S/c1-11(24-15-5-3-4-14(10-15)23-2)16(22)21-13-8-6-12(7-9-13)17(18,19)20/h3-11H,1-2H3,(H,21,22). The van der Waals surface area contributed by atoms with Crippen LogP contribution in [0.2, 0.25) is 0 Å². The highest BCUT2D eigenvalue weighted by molar-refractivity contribution is 8.00. The summed E-state index contributed by atoms with van der Waals surface area (Å²) in [6.07, 6.45) is -4.39. The minimum absolute atomic E-state index is 0.289. The first-order chi connectivity index (χ1) is 11.3. The van der Waals surface area contributed by atoms with Gasteiger partial charge in [-0.2, -0.15) is 13.2 Å². The lowest BCUT2D eigenvalue weighted by molar-refractivity contribution is -0.137. The SMILES string of the molecule is COc1cccc(SC(C)C(=O)Nc2ccc(C(F)(F)F)cc2)c1. The minimum atomic E-state index is -4.39. The van der Waals surface area contributed by atoms with Crippen molar-refractivity contribution in [2.24, 2.45) is 0 Å². The summed E-state index contributed by atoms with van der Waals surface area (Å²) in [4.78, 5) is 13.0. The van der Waals surface area contributed by atoms with Crippen molar-refractivity contribution in [2.75, 3.05) is 12.4 Å². The number of methoxy groups -OCH3 is 1. The maximum absolute atomic E-state index is 12.5. The number of benzene rings is 2. The first kappa shape index (κ1) is 18.2. The van der Waals surface area contributed by atoms with E-state index in [-0.39, 0.29) is 5.91 Å². The fourth-order valence-corrected chi connectivity index (χ4v) is 2.83. The van der Waals surface area contributed by atoms with Gasteiger partial charge in [-0.25, -0.2) is 0 Å². The van der Waals surface area contributed by atoms with Crippen LogP contribution >= 0.6 is 11.8 Å². The number of ether oxygens (including phenoxy) is 1. The van der Waals surface area contributed by atoms with Gasteiger partial charge in [0.05, 0.1) is 17.9 Å². The van der Waals surface area contributed by atoms with Crippen LogP contribution in [0.3, 0.4) is 0 Å². The van der Waals surface area contributed by atoms with Crippen molar-refractivity contribution in [3.63, 3.8) is 0 Å². The second-order valence-corrected chi connectivity index (χ2v) is 6.42. The van der Waals surface area contributed by atoms with Gasteiger partial charge in [0.25, 0.3) is 0 Å². The van der Waals surface area contributed by atoms with Gasteiger partial charge >= 0.3 is 6.18 Å². The Kier molecular flexibility index (Phi) is 5.77. The number of carbonyl (C=O) groups excluding carboxylic acids is 1. The van der Waals surface area contributed by atoms with Crippen molar-refractivity contribution in [1.29, 1.82) is 0 Å². The van der Waals surface area contributed by atoms with Crippen LogP contribution in [0, 0.1) is 0 Å². The number of hydrogen-bond acceptors (Lipinski definition) is 3. The van der Waals surface area contributed by atoms with E-state index in [1.165, 1.54) is 23.9 Å². The van der Waals surface area contributed by atoms with Gasteiger partial charge in [-0.1, -0.05) is 6.07 Å². The van der Waals surface area contributed by atoms with Gasteiger partial charge in [-0.15, -0.1) is 11.8 Å². The van der Waals surface area contributed by atoms with E-state index in [9.17, 15) is 18.0 Å². The number of rotatable bonds is 5. The number of thioether (sulfide) groups is 1. The molecule has 2 aromatic carbocycles. The maximum Gasteiger partial charge on any atom is 0.416 e. The molecule has 0 radical (unpaired) electrons. The lowest BCUT2D eigenvalue weighted by atomic mass is 10.2. The molecule has 0 saturated carbocycles. The number of alkyl halides is 3. The zero-order valence-corrected chi connectivity index (χ0v) is 13.9. The molecule has 3 nitrogen and oxygen atoms in total. The molecule has 24 heavy (non-hydrogen) atoms. The fourth-order valence-electron chi connectivity index (χ4n) is 1.92. The quantitative estimate of drug-likeness (QED) is 0.781. The average molecular weight is 355 g/mol.